The molecule has 0 aliphatic rings. The molecule has 0 atom stereocenters. The summed E-state index contributed by atoms with van der Waals surface area (Å²) in [6.45, 7) is 0. The molecule has 0 bridgehead atoms. The Bertz CT molecular complexity index is 272. The Morgan fingerprint density at radius 1 is 1.82 bits per heavy atom. The molecule has 60 valence electrons. The maximum absolute atomic E-state index is 8.28. The van der Waals surface area contributed by atoms with Crippen LogP contribution in [0.25, 0.3) is 0 Å². The van der Waals surface area contributed by atoms with Gasteiger partial charge < -0.3 is 5.73 Å². The van der Waals surface area contributed by atoms with Crippen molar-refractivity contribution in [1.29, 1.82) is 0 Å². The molecule has 1 aromatic rings. The standard InChI is InChI=1S/C5H6ClN3OS/c6-4-3(1-2-11-4)8-5(7)9-10/h1-2,10H,(H3,7,8,9). The molecule has 0 aliphatic carbocycles. The molecule has 0 saturated heterocycles. The first-order chi connectivity index (χ1) is 5.24. The van der Waals surface area contributed by atoms with Crippen molar-refractivity contribution >= 4 is 34.6 Å². The Morgan fingerprint density at radius 3 is 3.00 bits per heavy atom. The Labute approximate surface area is 72.3 Å². The lowest BCUT2D eigenvalue weighted by molar-refractivity contribution is 0.233. The molecule has 1 heterocycles. The van der Waals surface area contributed by atoms with Gasteiger partial charge in [-0.2, -0.15) is 0 Å². The summed E-state index contributed by atoms with van der Waals surface area (Å²) in [6, 6.07) is 1.71. The molecule has 0 saturated carbocycles. The molecule has 4 N–H and O–H groups in total. The number of guanidine groups is 1. The zero-order valence-corrected chi connectivity index (χ0v) is 6.99. The fourth-order valence-electron chi connectivity index (χ4n) is 0.520. The van der Waals surface area contributed by atoms with Crippen molar-refractivity contribution in [2.24, 2.45) is 10.7 Å². The van der Waals surface area contributed by atoms with Gasteiger partial charge >= 0.3 is 0 Å². The Morgan fingerprint density at radius 2 is 2.55 bits per heavy atom. The number of hydroxylamine groups is 1. The summed E-state index contributed by atoms with van der Waals surface area (Å²) >= 11 is 7.04. The van der Waals surface area contributed by atoms with Gasteiger partial charge in [0.15, 0.2) is 0 Å². The van der Waals surface area contributed by atoms with Crippen molar-refractivity contribution < 1.29 is 5.21 Å². The van der Waals surface area contributed by atoms with Crippen molar-refractivity contribution in [3.63, 3.8) is 0 Å². The van der Waals surface area contributed by atoms with Gasteiger partial charge in [0.25, 0.3) is 0 Å². The number of hydrogen-bond donors (Lipinski definition) is 3. The van der Waals surface area contributed by atoms with E-state index in [0.29, 0.717) is 10.0 Å². The quantitative estimate of drug-likeness (QED) is 0.356. The second-order valence-corrected chi connectivity index (χ2v) is 3.21. The van der Waals surface area contributed by atoms with E-state index < -0.39 is 0 Å². The molecule has 0 spiro atoms. The maximum Gasteiger partial charge on any atom is 0.218 e. The van der Waals surface area contributed by atoms with Crippen LogP contribution in [0.1, 0.15) is 0 Å². The van der Waals surface area contributed by atoms with Crippen molar-refractivity contribution in [2.75, 3.05) is 0 Å². The van der Waals surface area contributed by atoms with Crippen LogP contribution in [0.3, 0.4) is 0 Å². The minimum atomic E-state index is -0.0784. The van der Waals surface area contributed by atoms with Crippen molar-refractivity contribution in [1.82, 2.24) is 5.48 Å². The zero-order valence-electron chi connectivity index (χ0n) is 5.41. The van der Waals surface area contributed by atoms with Crippen LogP contribution in [0.15, 0.2) is 16.4 Å². The highest BCUT2D eigenvalue weighted by Gasteiger charge is 1.98. The van der Waals surface area contributed by atoms with Gasteiger partial charge in [-0.05, 0) is 11.4 Å². The summed E-state index contributed by atoms with van der Waals surface area (Å²) < 4.78 is 0.545. The topological polar surface area (TPSA) is 70.6 Å². The summed E-state index contributed by atoms with van der Waals surface area (Å²) in [7, 11) is 0. The highest BCUT2D eigenvalue weighted by atomic mass is 35.5. The van der Waals surface area contributed by atoms with E-state index in [-0.39, 0.29) is 5.96 Å². The first-order valence-corrected chi connectivity index (χ1v) is 3.97. The summed E-state index contributed by atoms with van der Waals surface area (Å²) in [5.41, 5.74) is 7.42. The van der Waals surface area contributed by atoms with E-state index in [0.717, 1.165) is 0 Å². The number of nitrogens with two attached hydrogens (primary N) is 1. The number of rotatable bonds is 1. The molecule has 0 unspecified atom stereocenters. The van der Waals surface area contributed by atoms with Crippen LogP contribution in [0.5, 0.6) is 0 Å². The van der Waals surface area contributed by atoms with Crippen molar-refractivity contribution in [2.45, 2.75) is 0 Å². The lowest BCUT2D eigenvalue weighted by atomic mass is 10.5. The number of thiophene rings is 1. The lowest BCUT2D eigenvalue weighted by Gasteiger charge is -1.94. The third kappa shape index (κ3) is 2.07. The average Bonchev–Trinajstić information content (AvgIpc) is 2.37. The van der Waals surface area contributed by atoms with Crippen molar-refractivity contribution in [3.05, 3.63) is 15.8 Å². The minimum absolute atomic E-state index is 0.0784. The van der Waals surface area contributed by atoms with E-state index in [2.05, 4.69) is 4.99 Å². The number of aliphatic imine (C=N–C) groups is 1. The van der Waals surface area contributed by atoms with E-state index in [1.807, 2.05) is 0 Å². The summed E-state index contributed by atoms with van der Waals surface area (Å²) in [4.78, 5) is 3.75. The second-order valence-electron chi connectivity index (χ2n) is 1.69. The number of nitrogens with one attached hydrogen (secondary N) is 1. The maximum atomic E-state index is 8.28. The molecule has 0 amide bonds. The van der Waals surface area contributed by atoms with Gasteiger partial charge in [0, 0.05) is 0 Å². The summed E-state index contributed by atoms with van der Waals surface area (Å²) in [5.74, 6) is -0.0784. The van der Waals surface area contributed by atoms with Gasteiger partial charge in [0.2, 0.25) is 5.96 Å². The fourth-order valence-corrected chi connectivity index (χ4v) is 1.33. The monoisotopic (exact) mass is 191 g/mol. The van der Waals surface area contributed by atoms with Crippen LogP contribution >= 0.6 is 22.9 Å². The van der Waals surface area contributed by atoms with Crippen LogP contribution in [-0.4, -0.2) is 11.2 Å². The Hall–Kier alpha value is -0.780. The molecule has 0 aliphatic heterocycles. The number of halogens is 1. The Balaban J connectivity index is 2.86. The third-order valence-corrected chi connectivity index (χ3v) is 2.10. The van der Waals surface area contributed by atoms with E-state index in [9.17, 15) is 0 Å². The Kier molecular flexibility index (Phi) is 2.70. The first kappa shape index (κ1) is 8.32. The van der Waals surface area contributed by atoms with Gasteiger partial charge in [0.1, 0.15) is 4.34 Å². The smallest absolute Gasteiger partial charge is 0.218 e. The molecule has 11 heavy (non-hydrogen) atoms. The van der Waals surface area contributed by atoms with Gasteiger partial charge in [-0.3, -0.25) is 5.21 Å². The van der Waals surface area contributed by atoms with Gasteiger partial charge in [-0.1, -0.05) is 11.6 Å². The molecule has 1 rings (SSSR count). The van der Waals surface area contributed by atoms with Gasteiger partial charge in [-0.15, -0.1) is 11.3 Å². The molecule has 0 radical (unpaired) electrons. The molecule has 4 nitrogen and oxygen atoms in total. The largest absolute Gasteiger partial charge is 0.368 e. The van der Waals surface area contributed by atoms with Gasteiger partial charge in [-0.25, -0.2) is 10.5 Å². The number of hydrogen-bond acceptors (Lipinski definition) is 3. The van der Waals surface area contributed by atoms with Crippen molar-refractivity contribution in [3.8, 4) is 0 Å². The molecule has 1 aromatic heterocycles. The van der Waals surface area contributed by atoms with Gasteiger partial charge in [0.05, 0.1) is 5.69 Å². The molecule has 6 heteroatoms. The highest BCUT2D eigenvalue weighted by Crippen LogP contribution is 2.29. The highest BCUT2D eigenvalue weighted by molar-refractivity contribution is 7.15. The van der Waals surface area contributed by atoms with E-state index >= 15 is 0 Å². The summed E-state index contributed by atoms with van der Waals surface area (Å²) in [5, 5.41) is 10.1. The second kappa shape index (κ2) is 3.56. The van der Waals surface area contributed by atoms with Crippen LogP contribution in [-0.2, 0) is 0 Å². The third-order valence-electron chi connectivity index (χ3n) is 0.954. The van der Waals surface area contributed by atoms with Crippen LogP contribution in [0.4, 0.5) is 5.69 Å². The average molecular weight is 192 g/mol. The molecular formula is C5H6ClN3OS. The minimum Gasteiger partial charge on any atom is -0.368 e. The van der Waals surface area contributed by atoms with E-state index in [1.165, 1.54) is 11.3 Å². The summed E-state index contributed by atoms with van der Waals surface area (Å²) in [6.07, 6.45) is 0. The molecule has 0 fully saturated rings. The van der Waals surface area contributed by atoms with Crippen LogP contribution in [0, 0.1) is 0 Å². The lowest BCUT2D eigenvalue weighted by Crippen LogP contribution is -2.27. The van der Waals surface area contributed by atoms with Crippen LogP contribution in [0.2, 0.25) is 4.34 Å². The fraction of sp³-hybridized carbons (Fsp3) is 0. The normalized spacial score (nSPS) is 11.6. The zero-order chi connectivity index (χ0) is 8.27. The van der Waals surface area contributed by atoms with Crippen LogP contribution < -0.4 is 11.2 Å². The predicted octanol–water partition coefficient (Wildman–Crippen LogP) is 1.33. The van der Waals surface area contributed by atoms with E-state index in [1.54, 1.807) is 16.9 Å². The molecular weight excluding hydrogens is 186 g/mol. The first-order valence-electron chi connectivity index (χ1n) is 2.71. The predicted molar refractivity (Wildman–Crippen MR) is 45.5 cm³/mol. The molecule has 0 aromatic carbocycles. The number of nitrogens with zero attached hydrogens (tertiary/aromatic N) is 1. The SMILES string of the molecule is NC(=Nc1ccsc1Cl)NO. The van der Waals surface area contributed by atoms with E-state index in [4.69, 9.17) is 22.5 Å².